The number of aliphatic hydroxyl groups is 1. The van der Waals surface area contributed by atoms with E-state index >= 15 is 0 Å². The fourth-order valence-corrected chi connectivity index (χ4v) is 3.64. The normalized spacial score (nSPS) is 18.1. The summed E-state index contributed by atoms with van der Waals surface area (Å²) in [6, 6.07) is 12.9. The van der Waals surface area contributed by atoms with E-state index in [1.54, 1.807) is 24.3 Å². The molecule has 4 N–H and O–H groups in total. The van der Waals surface area contributed by atoms with E-state index in [0.717, 1.165) is 11.1 Å². The Morgan fingerprint density at radius 1 is 1.06 bits per heavy atom. The van der Waals surface area contributed by atoms with Crippen LogP contribution in [-0.4, -0.2) is 40.6 Å². The standard InChI is InChI=1S/C23H21F2N3O3/c24-16-7-4-13(5-8-16)21-15(11-18(27-21)14-2-1-3-17(25)10-14)6-9-20(30)28-22-19(29)12-26-23(22)31/h1-5,7-8,10-11,19,22,27,29H,6,9,12H2,(H,26,31)(H,28,30)/t19-,22+/m1/s1. The summed E-state index contributed by atoms with van der Waals surface area (Å²) in [5.41, 5.74) is 3.53. The third-order valence-corrected chi connectivity index (χ3v) is 5.26. The lowest BCUT2D eigenvalue weighted by atomic mass is 10.0. The zero-order chi connectivity index (χ0) is 22.0. The number of hydrogen-bond acceptors (Lipinski definition) is 3. The number of β-amino-alcohol motifs (C(OH)–C–C–N with tert-alkyl or cyclic N) is 1. The predicted octanol–water partition coefficient (Wildman–Crippen LogP) is 2.54. The lowest BCUT2D eigenvalue weighted by Crippen LogP contribution is -2.45. The van der Waals surface area contributed by atoms with Crippen LogP contribution >= 0.6 is 0 Å². The van der Waals surface area contributed by atoms with Crippen molar-refractivity contribution in [1.29, 1.82) is 0 Å². The number of aliphatic hydroxyl groups excluding tert-OH is 1. The molecule has 1 aliphatic heterocycles. The van der Waals surface area contributed by atoms with Crippen LogP contribution < -0.4 is 10.6 Å². The van der Waals surface area contributed by atoms with Gasteiger partial charge in [0.2, 0.25) is 11.8 Å². The number of halogens is 2. The van der Waals surface area contributed by atoms with Crippen molar-refractivity contribution in [2.45, 2.75) is 25.0 Å². The molecule has 4 rings (SSSR count). The van der Waals surface area contributed by atoms with Crippen molar-refractivity contribution in [3.05, 3.63) is 71.8 Å². The molecule has 1 fully saturated rings. The molecule has 1 aromatic heterocycles. The number of amides is 2. The van der Waals surface area contributed by atoms with E-state index in [-0.39, 0.29) is 30.5 Å². The molecule has 1 aliphatic rings. The molecule has 0 radical (unpaired) electrons. The molecular weight excluding hydrogens is 404 g/mol. The number of aromatic amines is 1. The molecule has 2 heterocycles. The van der Waals surface area contributed by atoms with E-state index in [4.69, 9.17) is 0 Å². The summed E-state index contributed by atoms with van der Waals surface area (Å²) < 4.78 is 27.0. The highest BCUT2D eigenvalue weighted by molar-refractivity contribution is 5.90. The van der Waals surface area contributed by atoms with Crippen LogP contribution in [0, 0.1) is 11.6 Å². The Hall–Kier alpha value is -3.52. The lowest BCUT2D eigenvalue weighted by molar-refractivity contribution is -0.128. The van der Waals surface area contributed by atoms with Crippen molar-refractivity contribution in [1.82, 2.24) is 15.6 Å². The van der Waals surface area contributed by atoms with Gasteiger partial charge in [-0.25, -0.2) is 8.78 Å². The van der Waals surface area contributed by atoms with Crippen LogP contribution in [-0.2, 0) is 16.0 Å². The van der Waals surface area contributed by atoms with Crippen LogP contribution in [0.5, 0.6) is 0 Å². The monoisotopic (exact) mass is 425 g/mol. The average molecular weight is 425 g/mol. The van der Waals surface area contributed by atoms with Crippen LogP contribution in [0.3, 0.4) is 0 Å². The Morgan fingerprint density at radius 3 is 2.52 bits per heavy atom. The first-order valence-electron chi connectivity index (χ1n) is 9.89. The number of hydrogen-bond donors (Lipinski definition) is 4. The van der Waals surface area contributed by atoms with Crippen LogP contribution in [0.1, 0.15) is 12.0 Å². The van der Waals surface area contributed by atoms with Crippen molar-refractivity contribution in [3.8, 4) is 22.5 Å². The van der Waals surface area contributed by atoms with Gasteiger partial charge in [-0.3, -0.25) is 9.59 Å². The number of rotatable bonds is 6. The minimum Gasteiger partial charge on any atom is -0.389 e. The summed E-state index contributed by atoms with van der Waals surface area (Å²) in [7, 11) is 0. The van der Waals surface area contributed by atoms with Gasteiger partial charge >= 0.3 is 0 Å². The maximum atomic E-state index is 13.7. The van der Waals surface area contributed by atoms with Crippen molar-refractivity contribution in [2.75, 3.05) is 6.54 Å². The molecule has 2 aromatic carbocycles. The zero-order valence-corrected chi connectivity index (χ0v) is 16.5. The second-order valence-electron chi connectivity index (χ2n) is 7.46. The molecule has 0 aliphatic carbocycles. The van der Waals surface area contributed by atoms with Crippen LogP contribution in [0.15, 0.2) is 54.6 Å². The fourth-order valence-electron chi connectivity index (χ4n) is 3.64. The Bertz CT molecular complexity index is 1110. The van der Waals surface area contributed by atoms with Gasteiger partial charge in [0.25, 0.3) is 0 Å². The van der Waals surface area contributed by atoms with Crippen LogP contribution in [0.2, 0.25) is 0 Å². The largest absolute Gasteiger partial charge is 0.389 e. The van der Waals surface area contributed by atoms with Gasteiger partial charge in [0, 0.05) is 29.9 Å². The maximum Gasteiger partial charge on any atom is 0.245 e. The van der Waals surface area contributed by atoms with Gasteiger partial charge in [-0.1, -0.05) is 12.1 Å². The second kappa shape index (κ2) is 8.69. The highest BCUT2D eigenvalue weighted by Crippen LogP contribution is 2.30. The molecule has 0 bridgehead atoms. The summed E-state index contributed by atoms with van der Waals surface area (Å²) in [4.78, 5) is 27.3. The second-order valence-corrected chi connectivity index (χ2v) is 7.46. The van der Waals surface area contributed by atoms with Gasteiger partial charge in [0.15, 0.2) is 0 Å². The molecular formula is C23H21F2N3O3. The van der Waals surface area contributed by atoms with Crippen molar-refractivity contribution in [3.63, 3.8) is 0 Å². The lowest BCUT2D eigenvalue weighted by Gasteiger charge is -2.13. The highest BCUT2D eigenvalue weighted by Gasteiger charge is 2.34. The number of nitrogens with one attached hydrogen (secondary N) is 3. The van der Waals surface area contributed by atoms with Crippen molar-refractivity contribution in [2.24, 2.45) is 0 Å². The number of carbonyl (C=O) groups excluding carboxylic acids is 2. The predicted molar refractivity (Wildman–Crippen MR) is 111 cm³/mol. The fraction of sp³-hybridized carbons (Fsp3) is 0.217. The highest BCUT2D eigenvalue weighted by atomic mass is 19.1. The van der Waals surface area contributed by atoms with Gasteiger partial charge in [0.05, 0.1) is 0 Å². The van der Waals surface area contributed by atoms with Gasteiger partial charge in [-0.15, -0.1) is 0 Å². The molecule has 0 unspecified atom stereocenters. The van der Waals surface area contributed by atoms with E-state index in [9.17, 15) is 23.5 Å². The Balaban J connectivity index is 1.57. The molecule has 1 saturated heterocycles. The number of H-pyrrole nitrogens is 1. The SMILES string of the molecule is O=C(CCc1cc(-c2cccc(F)c2)[nH]c1-c1ccc(F)cc1)N[C@@H]1C(=O)NC[C@H]1O. The van der Waals surface area contributed by atoms with E-state index in [1.807, 2.05) is 6.07 Å². The first-order chi connectivity index (χ1) is 14.9. The topological polar surface area (TPSA) is 94.2 Å². The minimum absolute atomic E-state index is 0.0745. The molecule has 8 heteroatoms. The van der Waals surface area contributed by atoms with E-state index in [1.165, 1.54) is 24.3 Å². The first kappa shape index (κ1) is 20.7. The van der Waals surface area contributed by atoms with Gasteiger partial charge < -0.3 is 20.7 Å². The number of aryl methyl sites for hydroxylation is 1. The van der Waals surface area contributed by atoms with E-state index in [0.29, 0.717) is 23.4 Å². The number of carbonyl (C=O) groups is 2. The average Bonchev–Trinajstić information content (AvgIpc) is 3.32. The minimum atomic E-state index is -0.960. The molecule has 0 saturated carbocycles. The van der Waals surface area contributed by atoms with Crippen molar-refractivity contribution >= 4 is 11.8 Å². The molecule has 2 amide bonds. The van der Waals surface area contributed by atoms with E-state index in [2.05, 4.69) is 15.6 Å². The molecule has 160 valence electrons. The third kappa shape index (κ3) is 4.64. The third-order valence-electron chi connectivity index (χ3n) is 5.26. The summed E-state index contributed by atoms with van der Waals surface area (Å²) in [5.74, 6) is -1.53. The molecule has 3 aromatic rings. The van der Waals surface area contributed by atoms with Crippen LogP contribution in [0.4, 0.5) is 8.78 Å². The maximum absolute atomic E-state index is 13.7. The summed E-state index contributed by atoms with van der Waals surface area (Å²) in [6.07, 6.45) is -0.557. The van der Waals surface area contributed by atoms with E-state index < -0.39 is 18.1 Å². The van der Waals surface area contributed by atoms with Gasteiger partial charge in [-0.05, 0) is 60.0 Å². The van der Waals surface area contributed by atoms with Crippen molar-refractivity contribution < 1.29 is 23.5 Å². The number of benzene rings is 2. The zero-order valence-electron chi connectivity index (χ0n) is 16.5. The number of aromatic nitrogens is 1. The Morgan fingerprint density at radius 2 is 1.84 bits per heavy atom. The summed E-state index contributed by atoms with van der Waals surface area (Å²) in [5, 5.41) is 14.8. The molecule has 2 atom stereocenters. The Kier molecular flexibility index (Phi) is 5.81. The molecule has 6 nitrogen and oxygen atoms in total. The quantitative estimate of drug-likeness (QED) is 0.489. The molecule has 0 spiro atoms. The summed E-state index contributed by atoms with van der Waals surface area (Å²) >= 11 is 0. The van der Waals surface area contributed by atoms with Gasteiger partial charge in [0.1, 0.15) is 23.8 Å². The Labute approximate surface area is 177 Å². The molecule has 31 heavy (non-hydrogen) atoms. The van der Waals surface area contributed by atoms with Gasteiger partial charge in [-0.2, -0.15) is 0 Å². The van der Waals surface area contributed by atoms with Crippen LogP contribution in [0.25, 0.3) is 22.5 Å². The summed E-state index contributed by atoms with van der Waals surface area (Å²) in [6.45, 7) is 0.104. The smallest absolute Gasteiger partial charge is 0.245 e. The first-order valence-corrected chi connectivity index (χ1v) is 9.89.